The number of phenols is 1. The zero-order valence-electron chi connectivity index (χ0n) is 9.08. The number of aromatic hydroxyl groups is 1. The fourth-order valence-corrected chi connectivity index (χ4v) is 1.96. The van der Waals surface area contributed by atoms with Crippen molar-refractivity contribution in [1.29, 1.82) is 0 Å². The monoisotopic (exact) mass is 244 g/mol. The van der Waals surface area contributed by atoms with Crippen molar-refractivity contribution in [3.8, 4) is 17.2 Å². The first-order valence-electron chi connectivity index (χ1n) is 4.90. The first kappa shape index (κ1) is 11.4. The van der Waals surface area contributed by atoms with Gasteiger partial charge in [0.25, 0.3) is 0 Å². The van der Waals surface area contributed by atoms with Crippen LogP contribution in [0.3, 0.4) is 0 Å². The van der Waals surface area contributed by atoms with E-state index in [9.17, 15) is 10.2 Å². The van der Waals surface area contributed by atoms with Gasteiger partial charge < -0.3 is 19.7 Å². The van der Waals surface area contributed by atoms with E-state index < -0.39 is 5.60 Å². The average molecular weight is 245 g/mol. The number of phenolic OH excluding ortho intramolecular Hbond substituents is 1. The first-order chi connectivity index (χ1) is 7.53. The fraction of sp³-hybridized carbons (Fsp3) is 0.455. The van der Waals surface area contributed by atoms with Gasteiger partial charge in [0.2, 0.25) is 0 Å². The quantitative estimate of drug-likeness (QED) is 0.854. The van der Waals surface area contributed by atoms with Crippen molar-refractivity contribution in [3.05, 3.63) is 16.7 Å². The molecular weight excluding hydrogens is 232 g/mol. The fourth-order valence-electron chi connectivity index (χ4n) is 1.68. The van der Waals surface area contributed by atoms with Gasteiger partial charge in [0.1, 0.15) is 10.8 Å². The Balaban J connectivity index is 2.60. The number of ether oxygens (including phenoxy) is 2. The molecule has 4 nitrogen and oxygen atoms in total. The van der Waals surface area contributed by atoms with Crippen LogP contribution in [0, 0.1) is 0 Å². The highest BCUT2D eigenvalue weighted by atomic mass is 35.5. The molecule has 1 fully saturated rings. The molecule has 1 aromatic rings. The van der Waals surface area contributed by atoms with Gasteiger partial charge in [0.05, 0.1) is 19.8 Å². The van der Waals surface area contributed by atoms with Crippen molar-refractivity contribution >= 4 is 11.6 Å². The van der Waals surface area contributed by atoms with Gasteiger partial charge in [-0.3, -0.25) is 0 Å². The second-order valence-electron chi connectivity index (χ2n) is 3.85. The third-order valence-electron chi connectivity index (χ3n) is 2.81. The van der Waals surface area contributed by atoms with Crippen LogP contribution in [0.5, 0.6) is 17.2 Å². The van der Waals surface area contributed by atoms with E-state index in [1.165, 1.54) is 14.2 Å². The number of hydrogen-bond acceptors (Lipinski definition) is 4. The number of aliphatic hydroxyl groups is 1. The summed E-state index contributed by atoms with van der Waals surface area (Å²) < 4.78 is 10.1. The normalized spacial score (nSPS) is 17.0. The molecule has 5 heteroatoms. The molecule has 0 unspecified atom stereocenters. The molecule has 1 aliphatic rings. The molecule has 0 aromatic heterocycles. The lowest BCUT2D eigenvalue weighted by Gasteiger charge is -2.16. The van der Waals surface area contributed by atoms with E-state index >= 15 is 0 Å². The van der Waals surface area contributed by atoms with Gasteiger partial charge in [-0.1, -0.05) is 11.6 Å². The maximum Gasteiger partial charge on any atom is 0.183 e. The van der Waals surface area contributed by atoms with Crippen molar-refractivity contribution in [2.75, 3.05) is 14.2 Å². The molecule has 1 aliphatic carbocycles. The van der Waals surface area contributed by atoms with E-state index in [1.807, 2.05) is 0 Å². The Bertz CT molecular complexity index is 426. The zero-order valence-corrected chi connectivity index (χ0v) is 9.84. The summed E-state index contributed by atoms with van der Waals surface area (Å²) in [5, 5.41) is 19.9. The van der Waals surface area contributed by atoms with E-state index in [2.05, 4.69) is 0 Å². The third kappa shape index (κ3) is 1.58. The zero-order chi connectivity index (χ0) is 11.9. The summed E-state index contributed by atoms with van der Waals surface area (Å²) in [7, 11) is 2.92. The number of benzene rings is 1. The topological polar surface area (TPSA) is 58.9 Å². The van der Waals surface area contributed by atoms with E-state index in [1.54, 1.807) is 6.07 Å². The maximum absolute atomic E-state index is 9.97. The molecule has 88 valence electrons. The lowest BCUT2D eigenvalue weighted by Crippen LogP contribution is -2.06. The third-order valence-corrected chi connectivity index (χ3v) is 3.16. The van der Waals surface area contributed by atoms with E-state index in [0.29, 0.717) is 24.2 Å². The van der Waals surface area contributed by atoms with Crippen molar-refractivity contribution in [2.45, 2.75) is 18.4 Å². The Labute approximate surface area is 98.4 Å². The first-order valence-corrected chi connectivity index (χ1v) is 5.27. The molecule has 2 N–H and O–H groups in total. The SMILES string of the molecule is COc1cc(C2(O)CC2)c(O)c(Cl)c1OC. The van der Waals surface area contributed by atoms with E-state index in [-0.39, 0.29) is 16.5 Å². The summed E-state index contributed by atoms with van der Waals surface area (Å²) in [5.41, 5.74) is -0.567. The van der Waals surface area contributed by atoms with Crippen LogP contribution in [0.15, 0.2) is 6.07 Å². The Morgan fingerprint density at radius 2 is 1.94 bits per heavy atom. The van der Waals surface area contributed by atoms with Crippen LogP contribution < -0.4 is 9.47 Å². The van der Waals surface area contributed by atoms with Crippen LogP contribution in [0.1, 0.15) is 18.4 Å². The lowest BCUT2D eigenvalue weighted by atomic mass is 10.1. The highest BCUT2D eigenvalue weighted by Crippen LogP contribution is 2.54. The number of methoxy groups -OCH3 is 2. The van der Waals surface area contributed by atoms with Gasteiger partial charge in [-0.2, -0.15) is 0 Å². The minimum atomic E-state index is -0.965. The number of hydrogen-bond donors (Lipinski definition) is 2. The van der Waals surface area contributed by atoms with E-state index in [0.717, 1.165) is 0 Å². The van der Waals surface area contributed by atoms with Crippen molar-refractivity contribution in [2.24, 2.45) is 0 Å². The van der Waals surface area contributed by atoms with Crippen molar-refractivity contribution in [3.63, 3.8) is 0 Å². The van der Waals surface area contributed by atoms with Crippen LogP contribution in [-0.4, -0.2) is 24.4 Å². The Morgan fingerprint density at radius 1 is 1.31 bits per heavy atom. The Morgan fingerprint density at radius 3 is 2.38 bits per heavy atom. The predicted octanol–water partition coefficient (Wildman–Crippen LogP) is 2.04. The summed E-state index contributed by atoms with van der Waals surface area (Å²) >= 11 is 5.95. The van der Waals surface area contributed by atoms with Crippen molar-refractivity contribution in [1.82, 2.24) is 0 Å². The molecule has 2 rings (SSSR count). The van der Waals surface area contributed by atoms with Crippen LogP contribution in [0.25, 0.3) is 0 Å². The highest BCUT2D eigenvalue weighted by molar-refractivity contribution is 6.34. The summed E-state index contributed by atoms with van der Waals surface area (Å²) in [4.78, 5) is 0. The molecule has 0 saturated heterocycles. The minimum Gasteiger partial charge on any atom is -0.506 e. The van der Waals surface area contributed by atoms with Crippen molar-refractivity contribution < 1.29 is 19.7 Å². The highest BCUT2D eigenvalue weighted by Gasteiger charge is 2.45. The van der Waals surface area contributed by atoms with E-state index in [4.69, 9.17) is 21.1 Å². The molecule has 1 saturated carbocycles. The summed E-state index contributed by atoms with van der Waals surface area (Å²) in [6.07, 6.45) is 1.23. The molecule has 0 radical (unpaired) electrons. The molecule has 0 bridgehead atoms. The molecular formula is C11H13ClO4. The van der Waals surface area contributed by atoms with Crippen LogP contribution in [0.4, 0.5) is 0 Å². The number of rotatable bonds is 3. The molecule has 0 aliphatic heterocycles. The second-order valence-corrected chi connectivity index (χ2v) is 4.23. The van der Waals surface area contributed by atoms with Gasteiger partial charge in [-0.15, -0.1) is 0 Å². The molecule has 1 aromatic carbocycles. The average Bonchev–Trinajstić information content (AvgIpc) is 3.01. The summed E-state index contributed by atoms with van der Waals surface area (Å²) in [6.45, 7) is 0. The predicted molar refractivity (Wildman–Crippen MR) is 59.4 cm³/mol. The maximum atomic E-state index is 9.97. The van der Waals surface area contributed by atoms with Gasteiger partial charge in [0, 0.05) is 5.56 Å². The summed E-state index contributed by atoms with van der Waals surface area (Å²) in [5.74, 6) is 0.537. The molecule has 0 spiro atoms. The van der Waals surface area contributed by atoms with Crippen LogP contribution in [-0.2, 0) is 5.60 Å². The lowest BCUT2D eigenvalue weighted by molar-refractivity contribution is 0.147. The largest absolute Gasteiger partial charge is 0.506 e. The standard InChI is InChI=1S/C11H13ClO4/c1-15-7-5-6(11(14)3-4-11)9(13)8(12)10(7)16-2/h5,13-14H,3-4H2,1-2H3. The van der Waals surface area contributed by atoms with Crippen LogP contribution in [0.2, 0.25) is 5.02 Å². The Kier molecular flexibility index (Phi) is 2.64. The van der Waals surface area contributed by atoms with Gasteiger partial charge in [0.15, 0.2) is 11.5 Å². The van der Waals surface area contributed by atoms with Crippen LogP contribution >= 0.6 is 11.6 Å². The molecule has 0 heterocycles. The van der Waals surface area contributed by atoms with Gasteiger partial charge in [-0.05, 0) is 18.9 Å². The molecule has 16 heavy (non-hydrogen) atoms. The summed E-state index contributed by atoms with van der Waals surface area (Å²) in [6, 6.07) is 1.56. The minimum absolute atomic E-state index is 0.0668. The van der Waals surface area contributed by atoms with Gasteiger partial charge >= 0.3 is 0 Å². The Hall–Kier alpha value is -1.13. The number of halogens is 1. The molecule has 0 amide bonds. The second kappa shape index (κ2) is 3.71. The smallest absolute Gasteiger partial charge is 0.183 e. The molecule has 0 atom stereocenters. The van der Waals surface area contributed by atoms with Gasteiger partial charge in [-0.25, -0.2) is 0 Å².